The van der Waals surface area contributed by atoms with Crippen molar-refractivity contribution >= 4 is 50.1 Å². The standard InChI is InChI=1S/C15H15NO4S3/c1-20-12-4-2-10(3-5-12)8-13-14(17)16(15(21)22-13)11-6-7-23(18,19)9-11/h2-5,8,11H,6-7,9H2,1H3. The van der Waals surface area contributed by atoms with Crippen molar-refractivity contribution in [3.05, 3.63) is 34.7 Å². The summed E-state index contributed by atoms with van der Waals surface area (Å²) in [6.45, 7) is 0. The van der Waals surface area contributed by atoms with Crippen molar-refractivity contribution in [2.45, 2.75) is 12.5 Å². The van der Waals surface area contributed by atoms with Crippen LogP contribution in [0.25, 0.3) is 6.08 Å². The fourth-order valence-electron chi connectivity index (χ4n) is 2.63. The van der Waals surface area contributed by atoms with Crippen molar-refractivity contribution in [2.75, 3.05) is 18.6 Å². The Morgan fingerprint density at radius 1 is 1.35 bits per heavy atom. The summed E-state index contributed by atoms with van der Waals surface area (Å²) in [6.07, 6.45) is 2.22. The quantitative estimate of drug-likeness (QED) is 0.600. The van der Waals surface area contributed by atoms with Gasteiger partial charge < -0.3 is 4.74 Å². The Morgan fingerprint density at radius 3 is 2.61 bits per heavy atom. The Balaban J connectivity index is 1.81. The third kappa shape index (κ3) is 3.44. The third-order valence-electron chi connectivity index (χ3n) is 3.81. The number of amides is 1. The van der Waals surface area contributed by atoms with E-state index in [4.69, 9.17) is 17.0 Å². The lowest BCUT2D eigenvalue weighted by atomic mass is 10.2. The van der Waals surface area contributed by atoms with Gasteiger partial charge in [-0.25, -0.2) is 8.42 Å². The van der Waals surface area contributed by atoms with Crippen LogP contribution in [0.2, 0.25) is 0 Å². The highest BCUT2D eigenvalue weighted by molar-refractivity contribution is 8.26. The number of sulfone groups is 1. The van der Waals surface area contributed by atoms with Gasteiger partial charge in [0.25, 0.3) is 5.91 Å². The zero-order valence-electron chi connectivity index (χ0n) is 12.4. The summed E-state index contributed by atoms with van der Waals surface area (Å²) in [7, 11) is -1.47. The molecule has 0 radical (unpaired) electrons. The first-order chi connectivity index (χ1) is 10.9. The van der Waals surface area contributed by atoms with Crippen LogP contribution >= 0.6 is 24.0 Å². The van der Waals surface area contributed by atoms with Gasteiger partial charge in [-0.15, -0.1) is 0 Å². The molecule has 0 aliphatic carbocycles. The molecule has 0 N–H and O–H groups in total. The van der Waals surface area contributed by atoms with Gasteiger partial charge in [-0.3, -0.25) is 9.69 Å². The highest BCUT2D eigenvalue weighted by Crippen LogP contribution is 2.36. The summed E-state index contributed by atoms with van der Waals surface area (Å²) in [5.74, 6) is 0.644. The molecule has 0 spiro atoms. The largest absolute Gasteiger partial charge is 0.497 e. The molecule has 2 aliphatic rings. The highest BCUT2D eigenvalue weighted by Gasteiger charge is 2.42. The van der Waals surface area contributed by atoms with Crippen LogP contribution in [0.15, 0.2) is 29.2 Å². The summed E-state index contributed by atoms with van der Waals surface area (Å²) >= 11 is 6.49. The second-order valence-corrected chi connectivity index (χ2v) is 9.29. The van der Waals surface area contributed by atoms with E-state index in [1.165, 1.54) is 16.7 Å². The van der Waals surface area contributed by atoms with Crippen LogP contribution < -0.4 is 4.74 Å². The van der Waals surface area contributed by atoms with Crippen LogP contribution in [-0.2, 0) is 14.6 Å². The smallest absolute Gasteiger partial charge is 0.266 e. The average molecular weight is 369 g/mol. The van der Waals surface area contributed by atoms with Gasteiger partial charge >= 0.3 is 0 Å². The van der Waals surface area contributed by atoms with Crippen LogP contribution in [0.4, 0.5) is 0 Å². The molecule has 0 bridgehead atoms. The first-order valence-corrected chi connectivity index (χ1v) is 10.1. The van der Waals surface area contributed by atoms with E-state index < -0.39 is 9.84 Å². The van der Waals surface area contributed by atoms with Gasteiger partial charge in [-0.1, -0.05) is 36.1 Å². The Morgan fingerprint density at radius 2 is 2.04 bits per heavy atom. The van der Waals surface area contributed by atoms with Gasteiger partial charge in [0, 0.05) is 0 Å². The molecule has 0 saturated carbocycles. The van der Waals surface area contributed by atoms with E-state index in [0.29, 0.717) is 15.6 Å². The predicted molar refractivity (Wildman–Crippen MR) is 95.1 cm³/mol. The van der Waals surface area contributed by atoms with E-state index in [0.717, 1.165) is 11.3 Å². The molecule has 3 rings (SSSR count). The van der Waals surface area contributed by atoms with Crippen LogP contribution in [0.3, 0.4) is 0 Å². The molecule has 122 valence electrons. The Bertz CT molecular complexity index is 783. The molecule has 23 heavy (non-hydrogen) atoms. The maximum Gasteiger partial charge on any atom is 0.266 e. The monoisotopic (exact) mass is 369 g/mol. The highest BCUT2D eigenvalue weighted by atomic mass is 32.2. The maximum absolute atomic E-state index is 12.6. The molecule has 1 aromatic carbocycles. The van der Waals surface area contributed by atoms with Crippen LogP contribution in [0.5, 0.6) is 5.75 Å². The number of carbonyl (C=O) groups excluding carboxylic acids is 1. The molecule has 1 unspecified atom stereocenters. The van der Waals surface area contributed by atoms with Gasteiger partial charge in [0.15, 0.2) is 9.84 Å². The average Bonchev–Trinajstić information content (AvgIpc) is 2.99. The minimum atomic E-state index is -3.06. The van der Waals surface area contributed by atoms with Crippen LogP contribution in [0.1, 0.15) is 12.0 Å². The SMILES string of the molecule is COc1ccc(C=C2SC(=S)N(C3CCS(=O)(=O)C3)C2=O)cc1. The van der Waals surface area contributed by atoms with E-state index in [-0.39, 0.29) is 23.5 Å². The van der Waals surface area contributed by atoms with Crippen molar-refractivity contribution in [1.82, 2.24) is 4.90 Å². The second kappa shape index (κ2) is 6.26. The topological polar surface area (TPSA) is 63.7 Å². The maximum atomic E-state index is 12.6. The van der Waals surface area contributed by atoms with Crippen molar-refractivity contribution in [1.29, 1.82) is 0 Å². The molecule has 2 heterocycles. The number of carbonyl (C=O) groups is 1. The lowest BCUT2D eigenvalue weighted by molar-refractivity contribution is -0.123. The zero-order chi connectivity index (χ0) is 16.6. The Hall–Kier alpha value is -1.38. The van der Waals surface area contributed by atoms with E-state index in [2.05, 4.69) is 0 Å². The lowest BCUT2D eigenvalue weighted by Crippen LogP contribution is -2.39. The fourth-order valence-corrected chi connectivity index (χ4v) is 5.73. The molecule has 0 aromatic heterocycles. The van der Waals surface area contributed by atoms with Crippen molar-refractivity contribution in [3.63, 3.8) is 0 Å². The Kier molecular flexibility index (Phi) is 4.48. The normalized spacial score (nSPS) is 25.3. The number of methoxy groups -OCH3 is 1. The Labute approximate surface area is 144 Å². The van der Waals surface area contributed by atoms with Crippen LogP contribution in [0, 0.1) is 0 Å². The molecule has 2 saturated heterocycles. The molecule has 5 nitrogen and oxygen atoms in total. The molecule has 2 fully saturated rings. The fraction of sp³-hybridized carbons (Fsp3) is 0.333. The molecule has 1 aromatic rings. The number of hydrogen-bond donors (Lipinski definition) is 0. The number of thioether (sulfide) groups is 1. The first-order valence-electron chi connectivity index (χ1n) is 7.01. The van der Waals surface area contributed by atoms with Gasteiger partial charge in [-0.05, 0) is 30.2 Å². The molecule has 8 heteroatoms. The van der Waals surface area contributed by atoms with E-state index in [1.54, 1.807) is 13.2 Å². The minimum Gasteiger partial charge on any atom is -0.497 e. The number of thiocarbonyl (C=S) groups is 1. The summed E-state index contributed by atoms with van der Waals surface area (Å²) < 4.78 is 28.8. The number of ether oxygens (including phenoxy) is 1. The second-order valence-electron chi connectivity index (χ2n) is 5.38. The first kappa shape index (κ1) is 16.5. The molecule has 1 atom stereocenters. The summed E-state index contributed by atoms with van der Waals surface area (Å²) in [4.78, 5) is 14.5. The minimum absolute atomic E-state index is 0.00471. The summed E-state index contributed by atoms with van der Waals surface area (Å²) in [5.41, 5.74) is 0.866. The lowest BCUT2D eigenvalue weighted by Gasteiger charge is -2.20. The molecule has 1 amide bonds. The third-order valence-corrected chi connectivity index (χ3v) is 6.89. The molecular formula is C15H15NO4S3. The van der Waals surface area contributed by atoms with Crippen molar-refractivity contribution in [2.24, 2.45) is 0 Å². The van der Waals surface area contributed by atoms with E-state index in [9.17, 15) is 13.2 Å². The number of nitrogens with zero attached hydrogens (tertiary/aromatic N) is 1. The predicted octanol–water partition coefficient (Wildman–Crippen LogP) is 2.08. The van der Waals surface area contributed by atoms with E-state index >= 15 is 0 Å². The zero-order valence-corrected chi connectivity index (χ0v) is 14.8. The van der Waals surface area contributed by atoms with Gasteiger partial charge in [0.1, 0.15) is 10.1 Å². The van der Waals surface area contributed by atoms with Crippen molar-refractivity contribution in [3.8, 4) is 5.75 Å². The molecule has 2 aliphatic heterocycles. The summed E-state index contributed by atoms with van der Waals surface area (Å²) in [6, 6.07) is 7.00. The number of benzene rings is 1. The van der Waals surface area contributed by atoms with E-state index in [1.807, 2.05) is 24.3 Å². The summed E-state index contributed by atoms with van der Waals surface area (Å²) in [5, 5.41) is 0. The number of hydrogen-bond acceptors (Lipinski definition) is 6. The van der Waals surface area contributed by atoms with Crippen molar-refractivity contribution < 1.29 is 17.9 Å². The van der Waals surface area contributed by atoms with Crippen LogP contribution in [-0.4, -0.2) is 48.2 Å². The molecular weight excluding hydrogens is 354 g/mol. The van der Waals surface area contributed by atoms with Gasteiger partial charge in [0.2, 0.25) is 0 Å². The van der Waals surface area contributed by atoms with Gasteiger partial charge in [-0.2, -0.15) is 0 Å². The van der Waals surface area contributed by atoms with Gasteiger partial charge in [0.05, 0.1) is 29.6 Å². The number of rotatable bonds is 3.